The average Bonchev–Trinajstić information content (AvgIpc) is 1.00. The van der Waals surface area contributed by atoms with Crippen LogP contribution in [0.15, 0.2) is 0 Å². The van der Waals surface area contributed by atoms with Crippen molar-refractivity contribution in [1.82, 2.24) is 0 Å². The topological polar surface area (TPSA) is 0 Å². The molecule has 0 rings (SSSR count). The van der Waals surface area contributed by atoms with Crippen LogP contribution in [0, 0.1) is 14.6 Å². The van der Waals surface area contributed by atoms with Crippen LogP contribution in [0.5, 0.6) is 0 Å². The SMILES string of the molecule is [Ag].[C].[C]F. The summed E-state index contributed by atoms with van der Waals surface area (Å²) in [5, 5.41) is 0. The standard InChI is InChI=1S/CF.C.Ag/c1-2;;. The van der Waals surface area contributed by atoms with Crippen LogP contribution in [0.25, 0.3) is 0 Å². The van der Waals surface area contributed by atoms with Crippen molar-refractivity contribution in [3.8, 4) is 0 Å². The minimum atomic E-state index is 0. The van der Waals surface area contributed by atoms with Gasteiger partial charge in [0.1, 0.15) is 0 Å². The molecular weight excluding hydrogens is 151 g/mol. The Morgan fingerprint density at radius 2 is 1.25 bits per heavy atom. The fourth-order valence-electron chi connectivity index (χ4n) is 0. The van der Waals surface area contributed by atoms with Gasteiger partial charge >= 0.3 is 0 Å². The summed E-state index contributed by atoms with van der Waals surface area (Å²) in [6, 6.07) is 0. The van der Waals surface area contributed by atoms with Gasteiger partial charge in [0.25, 0.3) is 0 Å². The van der Waals surface area contributed by atoms with Gasteiger partial charge in [-0.05, 0) is 0 Å². The summed E-state index contributed by atoms with van der Waals surface area (Å²) in [5.41, 5.74) is 0. The molecule has 0 spiro atoms. The first-order valence-electron chi connectivity index (χ1n) is 0.189. The molecule has 0 saturated heterocycles. The smallest absolute Gasteiger partial charge is 0.232 e. The minimum absolute atomic E-state index is 0. The Labute approximate surface area is 41.9 Å². The van der Waals surface area contributed by atoms with E-state index in [0.29, 0.717) is 0 Å². The van der Waals surface area contributed by atoms with E-state index in [0.717, 1.165) is 0 Å². The van der Waals surface area contributed by atoms with Gasteiger partial charge in [0.15, 0.2) is 0 Å². The quantitative estimate of drug-likeness (QED) is 0.444. The molecule has 0 aromatic heterocycles. The molecule has 0 nitrogen and oxygen atoms in total. The van der Waals surface area contributed by atoms with Crippen molar-refractivity contribution in [2.75, 3.05) is 0 Å². The number of rotatable bonds is 0. The van der Waals surface area contributed by atoms with Gasteiger partial charge in [-0.15, -0.1) is 0 Å². The largest absolute Gasteiger partial charge is 0.232 e. The summed E-state index contributed by atoms with van der Waals surface area (Å²) < 4.78 is 8.75. The first-order chi connectivity index (χ1) is 1.00. The van der Waals surface area contributed by atoms with Crippen molar-refractivity contribution in [3.63, 3.8) is 0 Å². The maximum atomic E-state index is 8.75. The second-order valence-corrected chi connectivity index (χ2v) is 0. The van der Waals surface area contributed by atoms with Crippen LogP contribution >= 0.6 is 0 Å². The monoisotopic (exact) mass is 150 g/mol. The zero-order valence-electron chi connectivity index (χ0n) is 1.68. The van der Waals surface area contributed by atoms with E-state index in [2.05, 4.69) is 7.18 Å². The molecule has 0 heterocycles. The molecule has 0 N–H and O–H groups in total. The first-order valence-corrected chi connectivity index (χ1v) is 0.189. The third-order valence-corrected chi connectivity index (χ3v) is 0. The Kier molecular flexibility index (Phi) is 328. The molecule has 0 aliphatic carbocycles. The fourth-order valence-corrected chi connectivity index (χ4v) is 0. The van der Waals surface area contributed by atoms with Crippen molar-refractivity contribution in [2.24, 2.45) is 0 Å². The molecule has 0 aromatic carbocycles. The van der Waals surface area contributed by atoms with Gasteiger partial charge in [-0.2, -0.15) is 0 Å². The Hall–Kier alpha value is 0.670. The van der Waals surface area contributed by atoms with Gasteiger partial charge in [0.2, 0.25) is 7.18 Å². The van der Waals surface area contributed by atoms with Crippen LogP contribution in [0.4, 0.5) is 4.39 Å². The molecular formula is C2AgF. The van der Waals surface area contributed by atoms with Gasteiger partial charge in [0, 0.05) is 29.8 Å². The first kappa shape index (κ1) is 22.6. The van der Waals surface area contributed by atoms with Gasteiger partial charge < -0.3 is 0 Å². The predicted molar refractivity (Wildman–Crippen MR) is 7.59 cm³/mol. The zero-order chi connectivity index (χ0) is 2.00. The van der Waals surface area contributed by atoms with Crippen LogP contribution < -0.4 is 0 Å². The predicted octanol–water partition coefficient (Wildman–Crippen LogP) is 0.580. The van der Waals surface area contributed by atoms with Crippen molar-refractivity contribution >= 4 is 0 Å². The van der Waals surface area contributed by atoms with E-state index in [1.54, 1.807) is 0 Å². The third kappa shape index (κ3) is 16.6. The van der Waals surface area contributed by atoms with Gasteiger partial charge in [0.05, 0.1) is 0 Å². The number of hydrogen-bond donors (Lipinski definition) is 0. The summed E-state index contributed by atoms with van der Waals surface area (Å²) in [4.78, 5) is 0. The summed E-state index contributed by atoms with van der Waals surface area (Å²) >= 11 is 0. The fraction of sp³-hybridized carbons (Fsp3) is 0. The van der Waals surface area contributed by atoms with Crippen LogP contribution in [-0.4, -0.2) is 0 Å². The second-order valence-electron chi connectivity index (χ2n) is 0. The van der Waals surface area contributed by atoms with Crippen molar-refractivity contribution < 1.29 is 26.8 Å². The molecule has 0 bridgehead atoms. The van der Waals surface area contributed by atoms with E-state index < -0.39 is 0 Å². The van der Waals surface area contributed by atoms with Crippen molar-refractivity contribution in [1.29, 1.82) is 0 Å². The molecule has 2 heteroatoms. The van der Waals surface area contributed by atoms with E-state index >= 15 is 0 Å². The molecule has 8 radical (unpaired) electrons. The molecule has 0 aliphatic heterocycles. The van der Waals surface area contributed by atoms with E-state index in [9.17, 15) is 0 Å². The van der Waals surface area contributed by atoms with E-state index in [-0.39, 0.29) is 29.8 Å². The molecule has 0 saturated carbocycles. The second kappa shape index (κ2) is 58.3. The normalized spacial score (nSPS) is 1.50. The van der Waals surface area contributed by atoms with E-state index in [4.69, 9.17) is 4.39 Å². The molecule has 0 unspecified atom stereocenters. The average molecular weight is 151 g/mol. The van der Waals surface area contributed by atoms with Gasteiger partial charge in [-0.1, -0.05) is 0 Å². The van der Waals surface area contributed by atoms with E-state index in [1.165, 1.54) is 0 Å². The number of hydrogen-bond acceptors (Lipinski definition) is 0. The molecule has 4 heavy (non-hydrogen) atoms. The maximum absolute atomic E-state index is 8.75. The Balaban J connectivity index is -0.00000000500. The van der Waals surface area contributed by atoms with Gasteiger partial charge in [-0.25, -0.2) is 4.39 Å². The molecule has 0 aromatic rings. The minimum Gasteiger partial charge on any atom is -0.232 e. The summed E-state index contributed by atoms with van der Waals surface area (Å²) in [6.07, 6.45) is 0. The third-order valence-electron chi connectivity index (χ3n) is 0. The Morgan fingerprint density at radius 3 is 1.25 bits per heavy atom. The molecule has 0 aliphatic rings. The summed E-state index contributed by atoms with van der Waals surface area (Å²) in [7, 11) is 4.25. The molecule has 0 fully saturated rings. The number of halogens is 1. The molecule has 26 valence electrons. The Morgan fingerprint density at radius 1 is 1.25 bits per heavy atom. The van der Waals surface area contributed by atoms with Crippen molar-refractivity contribution in [3.05, 3.63) is 14.6 Å². The Bertz CT molecular complexity index is 6.00. The zero-order valence-corrected chi connectivity index (χ0v) is 3.16. The van der Waals surface area contributed by atoms with Crippen LogP contribution in [0.2, 0.25) is 0 Å². The summed E-state index contributed by atoms with van der Waals surface area (Å²) in [5.74, 6) is 0. The maximum Gasteiger partial charge on any atom is 0.232 e. The van der Waals surface area contributed by atoms with E-state index in [1.807, 2.05) is 0 Å². The van der Waals surface area contributed by atoms with Crippen LogP contribution in [0.1, 0.15) is 0 Å². The van der Waals surface area contributed by atoms with Crippen LogP contribution in [0.3, 0.4) is 0 Å². The molecule has 0 amide bonds. The van der Waals surface area contributed by atoms with Crippen molar-refractivity contribution in [2.45, 2.75) is 0 Å². The molecule has 0 atom stereocenters. The van der Waals surface area contributed by atoms with Gasteiger partial charge in [-0.3, -0.25) is 0 Å². The van der Waals surface area contributed by atoms with Crippen LogP contribution in [-0.2, 0) is 22.4 Å². The summed E-state index contributed by atoms with van der Waals surface area (Å²) in [6.45, 7) is 0.